The van der Waals surface area contributed by atoms with E-state index >= 15 is 0 Å². The fourth-order valence-electron chi connectivity index (χ4n) is 2.73. The van der Waals surface area contributed by atoms with E-state index in [-0.39, 0.29) is 5.75 Å². The minimum Gasteiger partial charge on any atom is -0.406 e. The van der Waals surface area contributed by atoms with E-state index in [1.165, 1.54) is 42.6 Å². The van der Waals surface area contributed by atoms with Crippen molar-refractivity contribution in [3.63, 3.8) is 0 Å². The van der Waals surface area contributed by atoms with E-state index in [4.69, 9.17) is 23.2 Å². The third kappa shape index (κ3) is 7.03. The van der Waals surface area contributed by atoms with Gasteiger partial charge in [0, 0.05) is 30.6 Å². The molecule has 0 aliphatic rings. The zero-order chi connectivity index (χ0) is 24.0. The normalized spacial score (nSPS) is 11.3. The van der Waals surface area contributed by atoms with Crippen molar-refractivity contribution in [1.82, 2.24) is 4.98 Å². The highest BCUT2D eigenvalue weighted by Crippen LogP contribution is 2.32. The van der Waals surface area contributed by atoms with Crippen molar-refractivity contribution in [1.29, 1.82) is 0 Å². The lowest BCUT2D eigenvalue weighted by molar-refractivity contribution is -0.274. The highest BCUT2D eigenvalue weighted by atomic mass is 35.5. The van der Waals surface area contributed by atoms with Crippen LogP contribution in [-0.4, -0.2) is 24.3 Å². The number of aromatic nitrogens is 1. The molecule has 0 radical (unpaired) electrons. The zero-order valence-corrected chi connectivity index (χ0v) is 18.5. The number of benzene rings is 2. The molecule has 33 heavy (non-hydrogen) atoms. The standard InChI is InChI=1S/C22H17Cl2F3N4O2/c1-28-18-11-16(23)17(24)12-19(18)31-20(32)9-4-13-3-2-10-29-21(13)30-14-5-7-15(8-6-14)33-22(25,26)27/h2-12,28H,1H3,(H,29,30)(H,31,32)/b9-4+. The SMILES string of the molecule is CNc1cc(Cl)c(Cl)cc1NC(=O)/C=C/c1cccnc1Nc1ccc(OC(F)(F)F)cc1. The van der Waals surface area contributed by atoms with Crippen molar-refractivity contribution in [2.75, 3.05) is 23.0 Å². The van der Waals surface area contributed by atoms with Crippen molar-refractivity contribution in [3.8, 4) is 5.75 Å². The van der Waals surface area contributed by atoms with Gasteiger partial charge in [-0.3, -0.25) is 4.79 Å². The Morgan fingerprint density at radius 2 is 1.73 bits per heavy atom. The average Bonchev–Trinajstić information content (AvgIpc) is 2.76. The maximum absolute atomic E-state index is 12.4. The molecule has 172 valence electrons. The molecular weight excluding hydrogens is 480 g/mol. The molecule has 1 aromatic heterocycles. The van der Waals surface area contributed by atoms with Crippen LogP contribution in [-0.2, 0) is 4.79 Å². The Kier molecular flexibility index (Phi) is 7.67. The quantitative estimate of drug-likeness (QED) is 0.316. The van der Waals surface area contributed by atoms with Gasteiger partial charge in [0.1, 0.15) is 11.6 Å². The number of alkyl halides is 3. The van der Waals surface area contributed by atoms with Gasteiger partial charge in [0.05, 0.1) is 21.4 Å². The van der Waals surface area contributed by atoms with Gasteiger partial charge in [-0.25, -0.2) is 4.98 Å². The third-order valence-corrected chi connectivity index (χ3v) is 4.91. The number of carbonyl (C=O) groups excluding carboxylic acids is 1. The lowest BCUT2D eigenvalue weighted by Crippen LogP contribution is -2.16. The minimum absolute atomic E-state index is 0.292. The highest BCUT2D eigenvalue weighted by molar-refractivity contribution is 6.42. The Labute approximate surface area is 197 Å². The third-order valence-electron chi connectivity index (χ3n) is 4.19. The summed E-state index contributed by atoms with van der Waals surface area (Å²) in [6.45, 7) is 0. The van der Waals surface area contributed by atoms with Gasteiger partial charge in [-0.1, -0.05) is 23.2 Å². The number of rotatable bonds is 7. The van der Waals surface area contributed by atoms with Crippen LogP contribution in [0.25, 0.3) is 6.08 Å². The van der Waals surface area contributed by atoms with Crippen LogP contribution in [0.1, 0.15) is 5.56 Å². The molecule has 2 aromatic carbocycles. The van der Waals surface area contributed by atoms with E-state index in [1.54, 1.807) is 31.3 Å². The smallest absolute Gasteiger partial charge is 0.406 e. The van der Waals surface area contributed by atoms with Gasteiger partial charge < -0.3 is 20.7 Å². The number of nitrogens with zero attached hydrogens (tertiary/aromatic N) is 1. The van der Waals surface area contributed by atoms with Crippen LogP contribution in [0.2, 0.25) is 10.0 Å². The van der Waals surface area contributed by atoms with E-state index < -0.39 is 12.3 Å². The Morgan fingerprint density at radius 1 is 1.06 bits per heavy atom. The van der Waals surface area contributed by atoms with Gasteiger partial charge in [0.2, 0.25) is 5.91 Å². The number of hydrogen-bond donors (Lipinski definition) is 3. The summed E-state index contributed by atoms with van der Waals surface area (Å²) in [6, 6.07) is 11.7. The maximum atomic E-state index is 12.4. The summed E-state index contributed by atoms with van der Waals surface area (Å²) >= 11 is 12.0. The summed E-state index contributed by atoms with van der Waals surface area (Å²) < 4.78 is 40.8. The molecule has 1 amide bonds. The van der Waals surface area contributed by atoms with Crippen LogP contribution in [0.4, 0.5) is 36.1 Å². The number of anilines is 4. The number of hydrogen-bond acceptors (Lipinski definition) is 5. The summed E-state index contributed by atoms with van der Waals surface area (Å²) in [4.78, 5) is 16.6. The van der Waals surface area contributed by atoms with Gasteiger partial charge in [-0.2, -0.15) is 0 Å². The fourth-order valence-corrected chi connectivity index (χ4v) is 3.06. The average molecular weight is 497 g/mol. The van der Waals surface area contributed by atoms with Crippen molar-refractivity contribution >= 4 is 58.1 Å². The Balaban J connectivity index is 1.72. The number of ether oxygens (including phenoxy) is 1. The molecule has 0 bridgehead atoms. The van der Waals surface area contributed by atoms with Gasteiger partial charge in [0.25, 0.3) is 0 Å². The van der Waals surface area contributed by atoms with Crippen molar-refractivity contribution in [2.45, 2.75) is 6.36 Å². The molecule has 0 atom stereocenters. The molecular formula is C22H17Cl2F3N4O2. The van der Waals surface area contributed by atoms with Crippen LogP contribution in [0.3, 0.4) is 0 Å². The fraction of sp³-hybridized carbons (Fsp3) is 0.0909. The number of amides is 1. The highest BCUT2D eigenvalue weighted by Gasteiger charge is 2.30. The molecule has 0 saturated carbocycles. The first-order chi connectivity index (χ1) is 15.6. The number of pyridine rings is 1. The van der Waals surface area contributed by atoms with Crippen LogP contribution in [0.5, 0.6) is 5.75 Å². The second-order valence-electron chi connectivity index (χ2n) is 6.52. The first kappa shape index (κ1) is 24.2. The molecule has 3 aromatic rings. The largest absolute Gasteiger partial charge is 0.573 e. The molecule has 0 aliphatic carbocycles. The van der Waals surface area contributed by atoms with Gasteiger partial charge >= 0.3 is 6.36 Å². The number of nitrogens with one attached hydrogen (secondary N) is 3. The Hall–Kier alpha value is -3.43. The van der Waals surface area contributed by atoms with Crippen LogP contribution >= 0.6 is 23.2 Å². The van der Waals surface area contributed by atoms with E-state index in [1.807, 2.05) is 0 Å². The summed E-state index contributed by atoms with van der Waals surface area (Å²) in [6.07, 6.45) is -0.373. The van der Waals surface area contributed by atoms with Gasteiger partial charge in [0.15, 0.2) is 0 Å². The molecule has 0 unspecified atom stereocenters. The summed E-state index contributed by atoms with van der Waals surface area (Å²) in [5.41, 5.74) is 2.10. The molecule has 3 N–H and O–H groups in total. The summed E-state index contributed by atoms with van der Waals surface area (Å²) in [7, 11) is 1.68. The Bertz CT molecular complexity index is 1170. The molecule has 1 heterocycles. The van der Waals surface area contributed by atoms with Gasteiger partial charge in [-0.05, 0) is 54.6 Å². The summed E-state index contributed by atoms with van der Waals surface area (Å²) in [5, 5.41) is 9.27. The van der Waals surface area contributed by atoms with Crippen LogP contribution in [0, 0.1) is 0 Å². The second-order valence-corrected chi connectivity index (χ2v) is 7.34. The lowest BCUT2D eigenvalue weighted by atomic mass is 10.2. The monoisotopic (exact) mass is 496 g/mol. The zero-order valence-electron chi connectivity index (χ0n) is 17.0. The van der Waals surface area contributed by atoms with Gasteiger partial charge in [-0.15, -0.1) is 13.2 Å². The van der Waals surface area contributed by atoms with Crippen LogP contribution < -0.4 is 20.7 Å². The second kappa shape index (κ2) is 10.5. The molecule has 6 nitrogen and oxygen atoms in total. The number of carbonyl (C=O) groups is 1. The Morgan fingerprint density at radius 3 is 2.36 bits per heavy atom. The molecule has 11 heteroatoms. The van der Waals surface area contributed by atoms with Crippen LogP contribution in [0.15, 0.2) is 60.8 Å². The first-order valence-corrected chi connectivity index (χ1v) is 10.1. The topological polar surface area (TPSA) is 75.3 Å². The lowest BCUT2D eigenvalue weighted by Gasteiger charge is -2.12. The van der Waals surface area contributed by atoms with E-state index in [2.05, 4.69) is 25.7 Å². The predicted octanol–water partition coefficient (Wildman–Crippen LogP) is 6.72. The van der Waals surface area contributed by atoms with E-state index in [9.17, 15) is 18.0 Å². The van der Waals surface area contributed by atoms with Crippen molar-refractivity contribution < 1.29 is 22.7 Å². The first-order valence-electron chi connectivity index (χ1n) is 9.38. The van der Waals surface area contributed by atoms with Crippen molar-refractivity contribution in [2.24, 2.45) is 0 Å². The molecule has 0 aliphatic heterocycles. The molecule has 0 fully saturated rings. The van der Waals surface area contributed by atoms with Crippen molar-refractivity contribution in [3.05, 3.63) is 76.4 Å². The molecule has 3 rings (SSSR count). The number of halogens is 5. The van der Waals surface area contributed by atoms with E-state index in [0.29, 0.717) is 38.5 Å². The predicted molar refractivity (Wildman–Crippen MR) is 124 cm³/mol. The molecule has 0 spiro atoms. The summed E-state index contributed by atoms with van der Waals surface area (Å²) in [5.74, 6) is -0.362. The minimum atomic E-state index is -4.76. The molecule has 0 saturated heterocycles. The van der Waals surface area contributed by atoms with E-state index in [0.717, 1.165) is 0 Å². The maximum Gasteiger partial charge on any atom is 0.573 e.